The number of aryl methyl sites for hydroxylation is 2. The number of piperidine rings is 1. The molecule has 2 aliphatic heterocycles. The van der Waals surface area contributed by atoms with Crippen molar-refractivity contribution in [1.29, 1.82) is 0 Å². The minimum absolute atomic E-state index is 0.250. The maximum atomic E-state index is 8.58. The molecule has 0 spiro atoms. The topological polar surface area (TPSA) is 125 Å². The fourth-order valence-corrected chi connectivity index (χ4v) is 4.57. The number of hydrogen-bond acceptors (Lipinski definition) is 9. The van der Waals surface area contributed by atoms with Gasteiger partial charge in [-0.15, -0.1) is 0 Å². The first-order valence-corrected chi connectivity index (χ1v) is 11.8. The zero-order chi connectivity index (χ0) is 23.9. The van der Waals surface area contributed by atoms with E-state index in [1.807, 2.05) is 25.4 Å². The average molecular weight is 464 g/mol. The molecule has 2 fully saturated rings. The second-order valence-electron chi connectivity index (χ2n) is 8.57. The lowest BCUT2D eigenvalue weighted by molar-refractivity contribution is -0.106. The Balaban J connectivity index is 0.000000868. The van der Waals surface area contributed by atoms with Gasteiger partial charge in [-0.2, -0.15) is 0 Å². The van der Waals surface area contributed by atoms with E-state index in [1.54, 1.807) is 0 Å². The van der Waals surface area contributed by atoms with Crippen LogP contribution in [0.2, 0.25) is 0 Å². The second kappa shape index (κ2) is 11.1. The van der Waals surface area contributed by atoms with E-state index in [2.05, 4.69) is 44.1 Å². The maximum Gasteiger partial charge on any atom is 0.229 e. The zero-order valence-corrected chi connectivity index (χ0v) is 19.9. The van der Waals surface area contributed by atoms with Gasteiger partial charge in [-0.25, -0.2) is 19.9 Å². The summed E-state index contributed by atoms with van der Waals surface area (Å²) in [7, 11) is 0. The highest BCUT2D eigenvalue weighted by molar-refractivity contribution is 5.93. The summed E-state index contributed by atoms with van der Waals surface area (Å²) in [6.07, 6.45) is 7.82. The van der Waals surface area contributed by atoms with Gasteiger partial charge in [0.1, 0.15) is 11.3 Å². The highest BCUT2D eigenvalue weighted by atomic mass is 16.1. The standard InChI is InChI=1S/C23H30N8.CH3NO/c1-16-14-26-22(31-10-4-3-5-11-31)21-20(16)17(2)27-23(29-21)28-19-7-6-18(15-25-19)30-12-8-24-9-13-30;2-1-3/h6-7,14-15,24H,3-5,8-13H2,1-2H3,(H,25,27,28,29);1H,(H2,2,3). The first kappa shape index (κ1) is 23.6. The van der Waals surface area contributed by atoms with Gasteiger partial charge in [0.15, 0.2) is 5.82 Å². The third kappa shape index (κ3) is 5.33. The molecule has 0 atom stereocenters. The van der Waals surface area contributed by atoms with Crippen molar-refractivity contribution in [3.05, 3.63) is 35.8 Å². The number of pyridine rings is 2. The molecule has 2 aliphatic rings. The highest BCUT2D eigenvalue weighted by Crippen LogP contribution is 2.30. The van der Waals surface area contributed by atoms with E-state index in [9.17, 15) is 0 Å². The molecule has 10 heteroatoms. The first-order valence-electron chi connectivity index (χ1n) is 11.8. The molecule has 0 aromatic carbocycles. The first-order chi connectivity index (χ1) is 16.6. The number of nitrogens with two attached hydrogens (primary N) is 1. The molecule has 1 amide bonds. The molecule has 10 nitrogen and oxygen atoms in total. The van der Waals surface area contributed by atoms with Crippen LogP contribution in [0.1, 0.15) is 30.5 Å². The Hall–Kier alpha value is -3.53. The lowest BCUT2D eigenvalue weighted by Crippen LogP contribution is -2.43. The van der Waals surface area contributed by atoms with Crippen molar-refractivity contribution >= 4 is 40.6 Å². The van der Waals surface area contributed by atoms with Crippen LogP contribution in [0.4, 0.5) is 23.3 Å². The number of carbonyl (C=O) groups is 1. The van der Waals surface area contributed by atoms with Gasteiger partial charge < -0.3 is 26.2 Å². The molecule has 3 aromatic heterocycles. The number of nitrogens with zero attached hydrogens (tertiary/aromatic N) is 6. The Labute approximate surface area is 200 Å². The third-order valence-corrected chi connectivity index (χ3v) is 6.20. The zero-order valence-electron chi connectivity index (χ0n) is 19.9. The SMILES string of the molecule is Cc1cnc(N2CCCCC2)c2nc(Nc3ccc(N4CCNCC4)cn3)nc(C)c12.NC=O. The number of nitrogens with one attached hydrogen (secondary N) is 2. The van der Waals surface area contributed by atoms with Crippen molar-refractivity contribution in [2.24, 2.45) is 5.73 Å². The number of anilines is 4. The van der Waals surface area contributed by atoms with E-state index < -0.39 is 0 Å². The van der Waals surface area contributed by atoms with Gasteiger partial charge in [0.05, 0.1) is 17.6 Å². The van der Waals surface area contributed by atoms with Gasteiger partial charge in [-0.3, -0.25) is 4.79 Å². The van der Waals surface area contributed by atoms with Gasteiger partial charge in [-0.05, 0) is 50.8 Å². The summed E-state index contributed by atoms with van der Waals surface area (Å²) in [4.78, 5) is 32.3. The summed E-state index contributed by atoms with van der Waals surface area (Å²) < 4.78 is 0. The summed E-state index contributed by atoms with van der Waals surface area (Å²) in [5.41, 5.74) is 8.31. The van der Waals surface area contributed by atoms with Crippen LogP contribution in [0.25, 0.3) is 10.9 Å². The van der Waals surface area contributed by atoms with Crippen molar-refractivity contribution < 1.29 is 4.79 Å². The quantitative estimate of drug-likeness (QED) is 0.500. The summed E-state index contributed by atoms with van der Waals surface area (Å²) in [6, 6.07) is 4.11. The van der Waals surface area contributed by atoms with E-state index in [-0.39, 0.29) is 6.41 Å². The molecule has 0 unspecified atom stereocenters. The normalized spacial score (nSPS) is 16.1. The van der Waals surface area contributed by atoms with Crippen LogP contribution in [-0.2, 0) is 4.79 Å². The summed E-state index contributed by atoms with van der Waals surface area (Å²) in [5, 5.41) is 7.79. The molecule has 4 N–H and O–H groups in total. The van der Waals surface area contributed by atoms with Crippen LogP contribution in [0.15, 0.2) is 24.5 Å². The van der Waals surface area contributed by atoms with E-state index in [1.165, 1.54) is 19.3 Å². The molecule has 0 aliphatic carbocycles. The number of aromatic nitrogens is 4. The van der Waals surface area contributed by atoms with Crippen LogP contribution in [-0.4, -0.2) is 65.6 Å². The molecule has 180 valence electrons. The van der Waals surface area contributed by atoms with E-state index in [4.69, 9.17) is 19.7 Å². The lowest BCUT2D eigenvalue weighted by Gasteiger charge is -2.29. The van der Waals surface area contributed by atoms with E-state index in [0.29, 0.717) is 5.95 Å². The second-order valence-corrected chi connectivity index (χ2v) is 8.57. The molecule has 0 radical (unpaired) electrons. The van der Waals surface area contributed by atoms with Crippen LogP contribution >= 0.6 is 0 Å². The molecular formula is C24H33N9O. The van der Waals surface area contributed by atoms with E-state index >= 15 is 0 Å². The minimum Gasteiger partial charge on any atom is -0.372 e. The molecule has 5 rings (SSSR count). The summed E-state index contributed by atoms with van der Waals surface area (Å²) in [5.74, 6) is 2.28. The number of rotatable bonds is 4. The van der Waals surface area contributed by atoms with Crippen molar-refractivity contribution in [3.8, 4) is 0 Å². The molecule has 2 saturated heterocycles. The van der Waals surface area contributed by atoms with Gasteiger partial charge in [0.2, 0.25) is 12.4 Å². The van der Waals surface area contributed by atoms with Crippen molar-refractivity contribution in [1.82, 2.24) is 25.3 Å². The number of fused-ring (bicyclic) bond motifs is 1. The highest BCUT2D eigenvalue weighted by Gasteiger charge is 2.19. The van der Waals surface area contributed by atoms with Crippen molar-refractivity contribution in [2.75, 3.05) is 54.4 Å². The molecule has 0 saturated carbocycles. The monoisotopic (exact) mass is 463 g/mol. The van der Waals surface area contributed by atoms with Crippen LogP contribution in [0.3, 0.4) is 0 Å². The Bertz CT molecular complexity index is 1110. The summed E-state index contributed by atoms with van der Waals surface area (Å²) in [6.45, 7) is 10.2. The predicted molar refractivity (Wildman–Crippen MR) is 136 cm³/mol. The Morgan fingerprint density at radius 1 is 0.971 bits per heavy atom. The molecule has 34 heavy (non-hydrogen) atoms. The number of carbonyl (C=O) groups excluding carboxylic acids is 1. The molecule has 3 aromatic rings. The smallest absolute Gasteiger partial charge is 0.229 e. The number of amides is 1. The van der Waals surface area contributed by atoms with Crippen LogP contribution < -0.4 is 26.2 Å². The predicted octanol–water partition coefficient (Wildman–Crippen LogP) is 2.28. The van der Waals surface area contributed by atoms with E-state index in [0.717, 1.165) is 78.8 Å². The van der Waals surface area contributed by atoms with Crippen LogP contribution in [0, 0.1) is 13.8 Å². The minimum atomic E-state index is 0.250. The number of hydrogen-bond donors (Lipinski definition) is 3. The fourth-order valence-electron chi connectivity index (χ4n) is 4.57. The van der Waals surface area contributed by atoms with Crippen molar-refractivity contribution in [2.45, 2.75) is 33.1 Å². The molecular weight excluding hydrogens is 430 g/mol. The van der Waals surface area contributed by atoms with Crippen LogP contribution in [0.5, 0.6) is 0 Å². The Kier molecular flexibility index (Phi) is 7.69. The van der Waals surface area contributed by atoms with Gasteiger partial charge in [0, 0.05) is 50.9 Å². The lowest BCUT2D eigenvalue weighted by atomic mass is 10.1. The number of primary amides is 1. The largest absolute Gasteiger partial charge is 0.372 e. The average Bonchev–Trinajstić information content (AvgIpc) is 2.86. The van der Waals surface area contributed by atoms with Gasteiger partial charge in [-0.1, -0.05) is 0 Å². The van der Waals surface area contributed by atoms with Gasteiger partial charge >= 0.3 is 0 Å². The number of piperazine rings is 1. The summed E-state index contributed by atoms with van der Waals surface area (Å²) >= 11 is 0. The fraction of sp³-hybridized carbons (Fsp3) is 0.458. The van der Waals surface area contributed by atoms with Gasteiger partial charge in [0.25, 0.3) is 0 Å². The molecule has 0 bridgehead atoms. The Morgan fingerprint density at radius 3 is 2.38 bits per heavy atom. The maximum absolute atomic E-state index is 8.58. The molecule has 5 heterocycles. The Morgan fingerprint density at radius 2 is 1.71 bits per heavy atom. The third-order valence-electron chi connectivity index (χ3n) is 6.20. The van der Waals surface area contributed by atoms with Crippen molar-refractivity contribution in [3.63, 3.8) is 0 Å².